The highest BCUT2D eigenvalue weighted by Gasteiger charge is 2.32. The summed E-state index contributed by atoms with van der Waals surface area (Å²) >= 11 is 1.53. The Morgan fingerprint density at radius 3 is 3.00 bits per heavy atom. The largest absolute Gasteiger partial charge is 0.350 e. The second-order valence-corrected chi connectivity index (χ2v) is 6.05. The summed E-state index contributed by atoms with van der Waals surface area (Å²) in [7, 11) is 1.53. The normalized spacial score (nSPS) is 19.7. The van der Waals surface area contributed by atoms with Crippen molar-refractivity contribution < 1.29 is 9.59 Å². The van der Waals surface area contributed by atoms with E-state index in [-0.39, 0.29) is 17.9 Å². The predicted molar refractivity (Wildman–Crippen MR) is 78.8 cm³/mol. The van der Waals surface area contributed by atoms with Gasteiger partial charge in [-0.15, -0.1) is 0 Å². The lowest BCUT2D eigenvalue weighted by atomic mass is 10.1. The number of benzene rings is 1. The van der Waals surface area contributed by atoms with Crippen LogP contribution in [0.1, 0.15) is 18.4 Å². The number of fused-ring (bicyclic) bond motifs is 1. The molecule has 1 aliphatic heterocycles. The number of imide groups is 1. The van der Waals surface area contributed by atoms with Gasteiger partial charge in [-0.2, -0.15) is 0 Å². The molecule has 5 nitrogen and oxygen atoms in total. The summed E-state index contributed by atoms with van der Waals surface area (Å²) in [6, 6.07) is 5.71. The number of aromatic nitrogens is 1. The number of hydrogen-bond donors (Lipinski definition) is 1. The van der Waals surface area contributed by atoms with E-state index in [9.17, 15) is 9.59 Å². The van der Waals surface area contributed by atoms with Crippen molar-refractivity contribution in [2.45, 2.75) is 25.8 Å². The number of carbonyl (C=O) groups excluding carboxylic acids is 2. The Hall–Kier alpha value is -1.95. The SMILES string of the molecule is Cc1ccc2nc(NC3CCC(=O)N(C)C3=O)sc2c1. The minimum Gasteiger partial charge on any atom is -0.350 e. The van der Waals surface area contributed by atoms with Crippen molar-refractivity contribution in [3.63, 3.8) is 0 Å². The highest BCUT2D eigenvalue weighted by Crippen LogP contribution is 2.28. The number of amides is 2. The molecule has 2 aromatic rings. The molecule has 1 unspecified atom stereocenters. The molecule has 1 aliphatic rings. The maximum Gasteiger partial charge on any atom is 0.251 e. The number of likely N-dealkylation sites (tertiary alicyclic amines) is 1. The van der Waals surface area contributed by atoms with E-state index in [0.717, 1.165) is 15.3 Å². The lowest BCUT2D eigenvalue weighted by Crippen LogP contribution is -2.48. The first-order valence-corrected chi connectivity index (χ1v) is 7.30. The molecular weight excluding hydrogens is 274 g/mol. The molecule has 3 rings (SSSR count). The number of likely N-dealkylation sites (N-methyl/N-ethyl adjacent to an activating group) is 1. The lowest BCUT2D eigenvalue weighted by molar-refractivity contribution is -0.146. The van der Waals surface area contributed by atoms with Crippen LogP contribution in [0.2, 0.25) is 0 Å². The number of rotatable bonds is 2. The molecule has 0 radical (unpaired) electrons. The quantitative estimate of drug-likeness (QED) is 0.861. The fourth-order valence-electron chi connectivity index (χ4n) is 2.29. The zero-order chi connectivity index (χ0) is 14.3. The van der Waals surface area contributed by atoms with Crippen LogP contribution in [0, 0.1) is 6.92 Å². The van der Waals surface area contributed by atoms with E-state index in [1.165, 1.54) is 28.8 Å². The van der Waals surface area contributed by atoms with Crippen molar-refractivity contribution in [2.75, 3.05) is 12.4 Å². The number of nitrogens with zero attached hydrogens (tertiary/aromatic N) is 2. The molecule has 1 aromatic carbocycles. The van der Waals surface area contributed by atoms with Gasteiger partial charge in [-0.05, 0) is 31.0 Å². The topological polar surface area (TPSA) is 62.3 Å². The summed E-state index contributed by atoms with van der Waals surface area (Å²) in [6.07, 6.45) is 0.918. The van der Waals surface area contributed by atoms with Crippen LogP contribution in [0.3, 0.4) is 0 Å². The Kier molecular flexibility index (Phi) is 3.17. The summed E-state index contributed by atoms with van der Waals surface area (Å²) in [6.45, 7) is 2.04. The molecule has 6 heteroatoms. The number of piperidine rings is 1. The molecule has 0 aliphatic carbocycles. The maximum absolute atomic E-state index is 12.0. The van der Waals surface area contributed by atoms with Crippen LogP contribution in [-0.4, -0.2) is 34.8 Å². The number of nitrogens with one attached hydrogen (secondary N) is 1. The van der Waals surface area contributed by atoms with Gasteiger partial charge >= 0.3 is 0 Å². The Bertz CT molecular complexity index is 695. The second-order valence-electron chi connectivity index (χ2n) is 5.02. The van der Waals surface area contributed by atoms with Gasteiger partial charge in [0.05, 0.1) is 10.2 Å². The van der Waals surface area contributed by atoms with Gasteiger partial charge in [-0.1, -0.05) is 17.4 Å². The third-order valence-electron chi connectivity index (χ3n) is 3.49. The first-order valence-electron chi connectivity index (χ1n) is 6.49. The van der Waals surface area contributed by atoms with E-state index in [1.54, 1.807) is 0 Å². The van der Waals surface area contributed by atoms with Crippen molar-refractivity contribution in [1.82, 2.24) is 9.88 Å². The van der Waals surface area contributed by atoms with E-state index in [2.05, 4.69) is 16.4 Å². The van der Waals surface area contributed by atoms with Crippen LogP contribution in [0.25, 0.3) is 10.2 Å². The number of thiazole rings is 1. The van der Waals surface area contributed by atoms with Crippen molar-refractivity contribution in [2.24, 2.45) is 0 Å². The molecule has 1 aromatic heterocycles. The predicted octanol–water partition coefficient (Wildman–Crippen LogP) is 2.16. The Balaban J connectivity index is 1.82. The Labute approximate surface area is 120 Å². The minimum absolute atomic E-state index is 0.118. The standard InChI is InChI=1S/C14H15N3O2S/c1-8-3-4-9-11(7-8)20-14(15-9)16-10-5-6-12(18)17(2)13(10)19/h3-4,7,10H,5-6H2,1-2H3,(H,15,16). The van der Waals surface area contributed by atoms with E-state index < -0.39 is 0 Å². The van der Waals surface area contributed by atoms with Crippen LogP contribution < -0.4 is 5.32 Å². The molecule has 1 N–H and O–H groups in total. The highest BCUT2D eigenvalue weighted by atomic mass is 32.1. The number of carbonyl (C=O) groups is 2. The average molecular weight is 289 g/mol. The van der Waals surface area contributed by atoms with Crippen LogP contribution in [-0.2, 0) is 9.59 Å². The third-order valence-corrected chi connectivity index (χ3v) is 4.44. The molecular formula is C14H15N3O2S. The minimum atomic E-state index is -0.362. The van der Waals surface area contributed by atoms with E-state index in [4.69, 9.17) is 0 Å². The first kappa shape index (κ1) is 13.1. The van der Waals surface area contributed by atoms with Gasteiger partial charge in [0.15, 0.2) is 5.13 Å². The van der Waals surface area contributed by atoms with Gasteiger partial charge in [0.25, 0.3) is 5.91 Å². The molecule has 2 heterocycles. The van der Waals surface area contributed by atoms with E-state index in [0.29, 0.717) is 12.8 Å². The van der Waals surface area contributed by atoms with E-state index >= 15 is 0 Å². The van der Waals surface area contributed by atoms with Gasteiger partial charge in [0.2, 0.25) is 5.91 Å². The van der Waals surface area contributed by atoms with Gasteiger partial charge in [-0.3, -0.25) is 14.5 Å². The van der Waals surface area contributed by atoms with Crippen molar-refractivity contribution >= 4 is 38.5 Å². The molecule has 2 amide bonds. The summed E-state index contributed by atoms with van der Waals surface area (Å²) < 4.78 is 1.10. The Morgan fingerprint density at radius 2 is 2.20 bits per heavy atom. The maximum atomic E-state index is 12.0. The number of aryl methyl sites for hydroxylation is 1. The Morgan fingerprint density at radius 1 is 1.40 bits per heavy atom. The van der Waals surface area contributed by atoms with Crippen molar-refractivity contribution in [3.8, 4) is 0 Å². The summed E-state index contributed by atoms with van der Waals surface area (Å²) in [4.78, 5) is 29.1. The number of hydrogen-bond acceptors (Lipinski definition) is 5. The van der Waals surface area contributed by atoms with Gasteiger partial charge < -0.3 is 5.32 Å². The van der Waals surface area contributed by atoms with Crippen molar-refractivity contribution in [1.29, 1.82) is 0 Å². The zero-order valence-corrected chi connectivity index (χ0v) is 12.2. The summed E-state index contributed by atoms with van der Waals surface area (Å²) in [5, 5.41) is 3.88. The third kappa shape index (κ3) is 2.27. The fourth-order valence-corrected chi connectivity index (χ4v) is 3.31. The molecule has 20 heavy (non-hydrogen) atoms. The van der Waals surface area contributed by atoms with Crippen LogP contribution in [0.5, 0.6) is 0 Å². The fraction of sp³-hybridized carbons (Fsp3) is 0.357. The molecule has 1 fully saturated rings. The molecule has 0 saturated carbocycles. The monoisotopic (exact) mass is 289 g/mol. The molecule has 1 saturated heterocycles. The first-order chi connectivity index (χ1) is 9.54. The molecule has 0 bridgehead atoms. The average Bonchev–Trinajstić information content (AvgIpc) is 2.81. The summed E-state index contributed by atoms with van der Waals surface area (Å²) in [5.41, 5.74) is 2.11. The van der Waals surface area contributed by atoms with E-state index in [1.807, 2.05) is 19.1 Å². The van der Waals surface area contributed by atoms with Crippen LogP contribution >= 0.6 is 11.3 Å². The lowest BCUT2D eigenvalue weighted by Gasteiger charge is -2.27. The second kappa shape index (κ2) is 4.86. The number of anilines is 1. The van der Waals surface area contributed by atoms with Crippen molar-refractivity contribution in [3.05, 3.63) is 23.8 Å². The summed E-state index contributed by atoms with van der Waals surface area (Å²) in [5.74, 6) is -0.301. The van der Waals surface area contributed by atoms with Gasteiger partial charge in [0.1, 0.15) is 6.04 Å². The zero-order valence-electron chi connectivity index (χ0n) is 11.3. The molecule has 1 atom stereocenters. The van der Waals surface area contributed by atoms with Crippen LogP contribution in [0.15, 0.2) is 18.2 Å². The molecule has 104 valence electrons. The molecule has 0 spiro atoms. The van der Waals surface area contributed by atoms with Gasteiger partial charge in [0, 0.05) is 13.5 Å². The smallest absolute Gasteiger partial charge is 0.251 e. The highest BCUT2D eigenvalue weighted by molar-refractivity contribution is 7.22. The van der Waals surface area contributed by atoms with Crippen LogP contribution in [0.4, 0.5) is 5.13 Å². The van der Waals surface area contributed by atoms with Gasteiger partial charge in [-0.25, -0.2) is 4.98 Å².